The molecule has 1 atom stereocenters. The maximum Gasteiger partial charge on any atom is 0.405 e. The van der Waals surface area contributed by atoms with Crippen LogP contribution in [0.3, 0.4) is 0 Å². The van der Waals surface area contributed by atoms with E-state index in [-0.39, 0.29) is 6.54 Å². The highest BCUT2D eigenvalue weighted by Crippen LogP contribution is 2.26. The van der Waals surface area contributed by atoms with Gasteiger partial charge in [-0.25, -0.2) is 0 Å². The fraction of sp³-hybridized carbons (Fsp3) is 0.500. The minimum absolute atomic E-state index is 0.0272. The van der Waals surface area contributed by atoms with Gasteiger partial charge in [-0.1, -0.05) is 30.3 Å². The average Bonchev–Trinajstić information content (AvgIpc) is 2.85. The number of rotatable bonds is 4. The minimum atomic E-state index is -4.35. The van der Waals surface area contributed by atoms with Crippen LogP contribution in [0.5, 0.6) is 0 Å². The van der Waals surface area contributed by atoms with E-state index in [0.29, 0.717) is 12.5 Å². The molecule has 1 amide bonds. The molecule has 0 unspecified atom stereocenters. The van der Waals surface area contributed by atoms with Crippen LogP contribution in [0, 0.1) is 0 Å². The first-order chi connectivity index (χ1) is 9.44. The lowest BCUT2D eigenvalue weighted by atomic mass is 9.99. The Kier molecular flexibility index (Phi) is 4.65. The Morgan fingerprint density at radius 2 is 2.00 bits per heavy atom. The van der Waals surface area contributed by atoms with E-state index < -0.39 is 18.6 Å². The van der Waals surface area contributed by atoms with E-state index in [1.807, 2.05) is 40.5 Å². The van der Waals surface area contributed by atoms with Gasteiger partial charge in [-0.15, -0.1) is 0 Å². The van der Waals surface area contributed by atoms with Gasteiger partial charge in [0.25, 0.3) is 0 Å². The standard InChI is InChI=1S/C14H17F3N2O/c15-14(16,17)10-18-13(20)9-19-7-6-12(8-19)11-4-2-1-3-5-11/h1-5,12H,6-10H2,(H,18,20)/t12-/m0/s1. The van der Waals surface area contributed by atoms with Crippen molar-refractivity contribution >= 4 is 5.91 Å². The number of alkyl halides is 3. The molecule has 1 aliphatic rings. The number of halogens is 3. The Morgan fingerprint density at radius 1 is 1.30 bits per heavy atom. The summed E-state index contributed by atoms with van der Waals surface area (Å²) in [7, 11) is 0. The molecule has 0 radical (unpaired) electrons. The van der Waals surface area contributed by atoms with E-state index in [1.54, 1.807) is 0 Å². The van der Waals surface area contributed by atoms with E-state index in [1.165, 1.54) is 5.56 Å². The van der Waals surface area contributed by atoms with Gasteiger partial charge < -0.3 is 5.32 Å². The number of nitrogens with one attached hydrogen (secondary N) is 1. The van der Waals surface area contributed by atoms with Gasteiger partial charge in [0.2, 0.25) is 5.91 Å². The van der Waals surface area contributed by atoms with Crippen LogP contribution in [0.4, 0.5) is 13.2 Å². The predicted molar refractivity (Wildman–Crippen MR) is 69.3 cm³/mol. The summed E-state index contributed by atoms with van der Waals surface area (Å²) in [4.78, 5) is 13.3. The summed E-state index contributed by atoms with van der Waals surface area (Å²) < 4.78 is 36.0. The molecular weight excluding hydrogens is 269 g/mol. The van der Waals surface area contributed by atoms with Crippen LogP contribution in [0.15, 0.2) is 30.3 Å². The molecule has 1 saturated heterocycles. The Balaban J connectivity index is 1.77. The number of nitrogens with zero attached hydrogens (tertiary/aromatic N) is 1. The van der Waals surface area contributed by atoms with E-state index in [4.69, 9.17) is 0 Å². The molecule has 6 heteroatoms. The summed E-state index contributed by atoms with van der Waals surface area (Å²) in [5.41, 5.74) is 1.21. The molecule has 2 rings (SSSR count). The van der Waals surface area contributed by atoms with E-state index in [0.717, 1.165) is 13.0 Å². The van der Waals surface area contributed by atoms with Crippen LogP contribution in [-0.4, -0.2) is 43.2 Å². The first-order valence-electron chi connectivity index (χ1n) is 6.55. The van der Waals surface area contributed by atoms with Gasteiger partial charge in [-0.3, -0.25) is 9.69 Å². The molecule has 1 N–H and O–H groups in total. The SMILES string of the molecule is O=C(CN1CC[C@H](c2ccccc2)C1)NCC(F)(F)F. The van der Waals surface area contributed by atoms with Crippen LogP contribution < -0.4 is 5.32 Å². The lowest BCUT2D eigenvalue weighted by Gasteiger charge is -2.16. The van der Waals surface area contributed by atoms with Crippen molar-refractivity contribution in [2.45, 2.75) is 18.5 Å². The van der Waals surface area contributed by atoms with Gasteiger partial charge in [0, 0.05) is 6.54 Å². The van der Waals surface area contributed by atoms with Gasteiger partial charge >= 0.3 is 6.18 Å². The first-order valence-corrected chi connectivity index (χ1v) is 6.55. The molecule has 0 bridgehead atoms. The molecule has 1 fully saturated rings. The van der Waals surface area contributed by atoms with Gasteiger partial charge in [-0.05, 0) is 24.4 Å². The third kappa shape index (κ3) is 4.52. The molecule has 20 heavy (non-hydrogen) atoms. The van der Waals surface area contributed by atoms with Crippen LogP contribution in [0.25, 0.3) is 0 Å². The van der Waals surface area contributed by atoms with E-state index in [9.17, 15) is 18.0 Å². The first kappa shape index (κ1) is 14.8. The van der Waals surface area contributed by atoms with Crippen molar-refractivity contribution in [3.05, 3.63) is 35.9 Å². The largest absolute Gasteiger partial charge is 0.405 e. The van der Waals surface area contributed by atoms with E-state index >= 15 is 0 Å². The number of likely N-dealkylation sites (tertiary alicyclic amines) is 1. The third-order valence-corrected chi connectivity index (χ3v) is 3.40. The monoisotopic (exact) mass is 286 g/mol. The zero-order valence-electron chi connectivity index (χ0n) is 11.0. The number of hydrogen-bond acceptors (Lipinski definition) is 2. The smallest absolute Gasteiger partial charge is 0.346 e. The fourth-order valence-corrected chi connectivity index (χ4v) is 2.43. The van der Waals surface area contributed by atoms with Crippen LogP contribution in [0.2, 0.25) is 0 Å². The molecule has 1 aliphatic heterocycles. The summed E-state index contributed by atoms with van der Waals surface area (Å²) in [5.74, 6) is -0.220. The maximum atomic E-state index is 12.0. The number of carbonyl (C=O) groups excluding carboxylic acids is 1. The van der Waals surface area contributed by atoms with Gasteiger partial charge in [0.05, 0.1) is 6.54 Å². The summed E-state index contributed by atoms with van der Waals surface area (Å²) in [5, 5.41) is 1.90. The Labute approximate surface area is 115 Å². The number of benzene rings is 1. The second-order valence-electron chi connectivity index (χ2n) is 5.02. The highest BCUT2D eigenvalue weighted by molar-refractivity contribution is 5.78. The fourth-order valence-electron chi connectivity index (χ4n) is 2.43. The molecule has 1 aromatic carbocycles. The summed E-state index contributed by atoms with van der Waals surface area (Å²) in [6, 6.07) is 9.96. The second-order valence-corrected chi connectivity index (χ2v) is 5.02. The van der Waals surface area contributed by atoms with Gasteiger partial charge in [-0.2, -0.15) is 13.2 Å². The highest BCUT2D eigenvalue weighted by atomic mass is 19.4. The molecule has 1 aromatic rings. The van der Waals surface area contributed by atoms with Crippen molar-refractivity contribution in [2.24, 2.45) is 0 Å². The molecule has 3 nitrogen and oxygen atoms in total. The quantitative estimate of drug-likeness (QED) is 0.920. The van der Waals surface area contributed by atoms with E-state index in [2.05, 4.69) is 0 Å². The average molecular weight is 286 g/mol. The molecule has 1 heterocycles. The molecular formula is C14H17F3N2O. The van der Waals surface area contributed by atoms with Crippen molar-refractivity contribution < 1.29 is 18.0 Å². The van der Waals surface area contributed by atoms with Gasteiger partial charge in [0.15, 0.2) is 0 Å². The van der Waals surface area contributed by atoms with Crippen LogP contribution in [0.1, 0.15) is 17.9 Å². The lowest BCUT2D eigenvalue weighted by molar-refractivity contribution is -0.138. The van der Waals surface area contributed by atoms with Crippen molar-refractivity contribution in [2.75, 3.05) is 26.2 Å². The predicted octanol–water partition coefficient (Wildman–Crippen LogP) is 2.15. The number of hydrogen-bond donors (Lipinski definition) is 1. The summed E-state index contributed by atoms with van der Waals surface area (Å²) in [6.07, 6.45) is -3.43. The normalized spacial score (nSPS) is 20.1. The van der Waals surface area contributed by atoms with Crippen molar-refractivity contribution in [3.8, 4) is 0 Å². The second kappa shape index (κ2) is 6.26. The van der Waals surface area contributed by atoms with Crippen molar-refractivity contribution in [3.63, 3.8) is 0 Å². The molecule has 0 spiro atoms. The minimum Gasteiger partial charge on any atom is -0.346 e. The molecule has 0 aromatic heterocycles. The number of amides is 1. The van der Waals surface area contributed by atoms with Crippen LogP contribution >= 0.6 is 0 Å². The molecule has 0 saturated carbocycles. The van der Waals surface area contributed by atoms with Crippen LogP contribution in [-0.2, 0) is 4.79 Å². The summed E-state index contributed by atoms with van der Waals surface area (Å²) >= 11 is 0. The Bertz CT molecular complexity index is 447. The Morgan fingerprint density at radius 3 is 2.65 bits per heavy atom. The lowest BCUT2D eigenvalue weighted by Crippen LogP contribution is -2.40. The topological polar surface area (TPSA) is 32.3 Å². The zero-order chi connectivity index (χ0) is 14.6. The van der Waals surface area contributed by atoms with Gasteiger partial charge in [0.1, 0.15) is 6.54 Å². The molecule has 110 valence electrons. The van der Waals surface area contributed by atoms with Crippen molar-refractivity contribution in [1.82, 2.24) is 10.2 Å². The highest BCUT2D eigenvalue weighted by Gasteiger charge is 2.29. The number of carbonyl (C=O) groups is 1. The summed E-state index contributed by atoms with van der Waals surface area (Å²) in [6.45, 7) is 0.212. The molecule has 0 aliphatic carbocycles. The Hall–Kier alpha value is -1.56. The third-order valence-electron chi connectivity index (χ3n) is 3.40. The maximum absolute atomic E-state index is 12.0. The van der Waals surface area contributed by atoms with Crippen molar-refractivity contribution in [1.29, 1.82) is 0 Å². The zero-order valence-corrected chi connectivity index (χ0v) is 11.0.